The van der Waals surface area contributed by atoms with E-state index in [1.165, 1.54) is 5.57 Å². The number of carbonyl (C=O) groups excluding carboxylic acids is 1. The number of hydrogen-bond acceptors (Lipinski definition) is 2. The van der Waals surface area contributed by atoms with Gasteiger partial charge < -0.3 is 4.90 Å². The molecule has 0 atom stereocenters. The zero-order valence-corrected chi connectivity index (χ0v) is 14.3. The van der Waals surface area contributed by atoms with E-state index in [0.717, 1.165) is 35.2 Å². The van der Waals surface area contributed by atoms with Gasteiger partial charge in [0.15, 0.2) is 5.78 Å². The van der Waals surface area contributed by atoms with E-state index in [0.29, 0.717) is 0 Å². The smallest absolute Gasteiger partial charge is 0.161 e. The molecule has 20 heavy (non-hydrogen) atoms. The second-order valence-corrected chi connectivity index (χ2v) is 7.31. The van der Waals surface area contributed by atoms with E-state index in [-0.39, 0.29) is 11.2 Å². The molecule has 0 spiro atoms. The number of benzene rings is 1. The van der Waals surface area contributed by atoms with Crippen LogP contribution in [0, 0.1) is 5.41 Å². The topological polar surface area (TPSA) is 20.3 Å². The van der Waals surface area contributed by atoms with Crippen molar-refractivity contribution in [3.8, 4) is 0 Å². The summed E-state index contributed by atoms with van der Waals surface area (Å²) in [7, 11) is 0. The van der Waals surface area contributed by atoms with Crippen LogP contribution in [0.2, 0.25) is 0 Å². The number of Topliss-reactive ketones (excluding diaryl/α,β-unsaturated/α-hetero) is 1. The fraction of sp³-hybridized carbons (Fsp3) is 0.471. The molecule has 0 saturated heterocycles. The minimum Gasteiger partial charge on any atom is -0.367 e. The zero-order chi connectivity index (χ0) is 14.9. The lowest BCUT2D eigenvalue weighted by Gasteiger charge is -2.34. The highest BCUT2D eigenvalue weighted by Crippen LogP contribution is 2.33. The Bertz CT molecular complexity index is 555. The summed E-state index contributed by atoms with van der Waals surface area (Å²) < 4.78 is 1.02. The fourth-order valence-corrected chi connectivity index (χ4v) is 2.98. The number of carbonyl (C=O) groups is 1. The molecule has 0 aromatic heterocycles. The number of halogens is 1. The molecule has 2 nitrogen and oxygen atoms in total. The molecule has 1 aliphatic rings. The number of anilines is 1. The van der Waals surface area contributed by atoms with Crippen molar-refractivity contribution in [3.63, 3.8) is 0 Å². The van der Waals surface area contributed by atoms with Crippen molar-refractivity contribution < 1.29 is 4.79 Å². The Morgan fingerprint density at radius 3 is 2.50 bits per heavy atom. The van der Waals surface area contributed by atoms with Gasteiger partial charge in [-0.1, -0.05) is 48.4 Å². The van der Waals surface area contributed by atoms with Gasteiger partial charge in [-0.3, -0.25) is 4.79 Å². The third-order valence-corrected chi connectivity index (χ3v) is 4.35. The molecular formula is C17H22BrNO. The van der Waals surface area contributed by atoms with Crippen molar-refractivity contribution in [2.24, 2.45) is 5.41 Å². The molecule has 0 unspecified atom stereocenters. The number of rotatable bonds is 2. The predicted octanol–water partition coefficient (Wildman–Crippen LogP) is 4.83. The Morgan fingerprint density at radius 1 is 1.30 bits per heavy atom. The van der Waals surface area contributed by atoms with Gasteiger partial charge in [0.2, 0.25) is 0 Å². The lowest BCUT2D eigenvalue weighted by Crippen LogP contribution is -2.32. The quantitative estimate of drug-likeness (QED) is 0.569. The van der Waals surface area contributed by atoms with Crippen LogP contribution in [0.1, 0.15) is 44.5 Å². The molecule has 0 aliphatic carbocycles. The van der Waals surface area contributed by atoms with Gasteiger partial charge in [0, 0.05) is 28.8 Å². The van der Waals surface area contributed by atoms with Gasteiger partial charge in [-0.2, -0.15) is 0 Å². The molecular weight excluding hydrogens is 314 g/mol. The average molecular weight is 336 g/mol. The minimum atomic E-state index is 0.123. The van der Waals surface area contributed by atoms with Crippen LogP contribution in [-0.2, 0) is 0 Å². The van der Waals surface area contributed by atoms with E-state index < -0.39 is 0 Å². The van der Waals surface area contributed by atoms with Crippen molar-refractivity contribution in [2.45, 2.75) is 34.1 Å². The van der Waals surface area contributed by atoms with E-state index in [1.807, 2.05) is 18.2 Å². The van der Waals surface area contributed by atoms with Crippen LogP contribution in [-0.4, -0.2) is 18.9 Å². The van der Waals surface area contributed by atoms with Gasteiger partial charge in [0.1, 0.15) is 0 Å². The standard InChI is InChI=1S/C17H22BrNO/c1-12(20)15-6-5-14(18)11-16(15)19-9-7-13(8-10-19)17(2,3)4/h5-7,11H,8-10H2,1-4H3. The highest BCUT2D eigenvalue weighted by atomic mass is 79.9. The molecule has 0 radical (unpaired) electrons. The first-order valence-electron chi connectivity index (χ1n) is 7.04. The van der Waals surface area contributed by atoms with Crippen molar-refractivity contribution in [2.75, 3.05) is 18.0 Å². The largest absolute Gasteiger partial charge is 0.367 e. The van der Waals surface area contributed by atoms with Gasteiger partial charge in [-0.25, -0.2) is 0 Å². The van der Waals surface area contributed by atoms with Crippen LogP contribution in [0.3, 0.4) is 0 Å². The predicted molar refractivity (Wildman–Crippen MR) is 88.5 cm³/mol. The van der Waals surface area contributed by atoms with Crippen molar-refractivity contribution in [1.29, 1.82) is 0 Å². The molecule has 0 fully saturated rings. The second kappa shape index (κ2) is 5.72. The summed E-state index contributed by atoms with van der Waals surface area (Å²) in [6, 6.07) is 5.89. The summed E-state index contributed by atoms with van der Waals surface area (Å²) in [6.07, 6.45) is 3.38. The van der Waals surface area contributed by atoms with E-state index in [4.69, 9.17) is 0 Å². The molecule has 0 amide bonds. The maximum absolute atomic E-state index is 11.8. The van der Waals surface area contributed by atoms with E-state index >= 15 is 0 Å². The van der Waals surface area contributed by atoms with Gasteiger partial charge in [-0.05, 0) is 37.0 Å². The molecule has 0 bridgehead atoms. The first kappa shape index (κ1) is 15.3. The Hall–Kier alpha value is -1.09. The molecule has 1 aromatic carbocycles. The summed E-state index contributed by atoms with van der Waals surface area (Å²) >= 11 is 3.50. The molecule has 0 saturated carbocycles. The van der Waals surface area contributed by atoms with Gasteiger partial charge in [-0.15, -0.1) is 0 Å². The third kappa shape index (κ3) is 3.32. The van der Waals surface area contributed by atoms with E-state index in [2.05, 4.69) is 47.7 Å². The molecule has 108 valence electrons. The lowest BCUT2D eigenvalue weighted by atomic mass is 9.83. The van der Waals surface area contributed by atoms with Crippen LogP contribution < -0.4 is 4.90 Å². The molecule has 2 rings (SSSR count). The second-order valence-electron chi connectivity index (χ2n) is 6.39. The molecule has 0 N–H and O–H groups in total. The number of hydrogen-bond donors (Lipinski definition) is 0. The Balaban J connectivity index is 2.29. The van der Waals surface area contributed by atoms with Crippen molar-refractivity contribution in [3.05, 3.63) is 39.9 Å². The van der Waals surface area contributed by atoms with E-state index in [1.54, 1.807) is 6.92 Å². The maximum atomic E-state index is 11.8. The summed E-state index contributed by atoms with van der Waals surface area (Å²) in [5, 5.41) is 0. The molecule has 3 heteroatoms. The molecule has 1 heterocycles. The monoisotopic (exact) mass is 335 g/mol. The van der Waals surface area contributed by atoms with Crippen LogP contribution >= 0.6 is 15.9 Å². The van der Waals surface area contributed by atoms with Crippen LogP contribution in [0.25, 0.3) is 0 Å². The lowest BCUT2D eigenvalue weighted by molar-refractivity contribution is 0.101. The van der Waals surface area contributed by atoms with Gasteiger partial charge in [0.05, 0.1) is 0 Å². The van der Waals surface area contributed by atoms with Crippen LogP contribution in [0.4, 0.5) is 5.69 Å². The summed E-state index contributed by atoms with van der Waals surface area (Å²) in [5.74, 6) is 0.123. The fourth-order valence-electron chi connectivity index (χ4n) is 2.63. The summed E-state index contributed by atoms with van der Waals surface area (Å²) in [5.41, 5.74) is 3.59. The first-order valence-corrected chi connectivity index (χ1v) is 7.83. The Morgan fingerprint density at radius 2 is 2.00 bits per heavy atom. The van der Waals surface area contributed by atoms with Crippen molar-refractivity contribution in [1.82, 2.24) is 0 Å². The SMILES string of the molecule is CC(=O)c1ccc(Br)cc1N1CC=C(C(C)(C)C)CC1. The Labute approximate surface area is 130 Å². The number of nitrogens with zero attached hydrogens (tertiary/aromatic N) is 1. The maximum Gasteiger partial charge on any atom is 0.161 e. The van der Waals surface area contributed by atoms with Crippen LogP contribution in [0.5, 0.6) is 0 Å². The van der Waals surface area contributed by atoms with Gasteiger partial charge >= 0.3 is 0 Å². The Kier molecular flexibility index (Phi) is 4.38. The molecule has 1 aliphatic heterocycles. The molecule has 1 aromatic rings. The number of ketones is 1. The normalized spacial score (nSPS) is 16.1. The zero-order valence-electron chi connectivity index (χ0n) is 12.7. The highest BCUT2D eigenvalue weighted by Gasteiger charge is 2.23. The third-order valence-electron chi connectivity index (χ3n) is 3.85. The first-order chi connectivity index (χ1) is 9.29. The highest BCUT2D eigenvalue weighted by molar-refractivity contribution is 9.10. The van der Waals surface area contributed by atoms with Crippen LogP contribution in [0.15, 0.2) is 34.3 Å². The summed E-state index contributed by atoms with van der Waals surface area (Å²) in [6.45, 7) is 10.3. The van der Waals surface area contributed by atoms with Gasteiger partial charge in [0.25, 0.3) is 0 Å². The van der Waals surface area contributed by atoms with E-state index in [9.17, 15) is 4.79 Å². The van der Waals surface area contributed by atoms with Crippen molar-refractivity contribution >= 4 is 27.4 Å². The summed E-state index contributed by atoms with van der Waals surface area (Å²) in [4.78, 5) is 14.1. The minimum absolute atomic E-state index is 0.123. The average Bonchev–Trinajstić information content (AvgIpc) is 2.37.